The molecule has 0 amide bonds. The monoisotopic (exact) mass is 400 g/mol. The Morgan fingerprint density at radius 3 is 2.61 bits per heavy atom. The lowest BCUT2D eigenvalue weighted by Crippen LogP contribution is -2.42. The van der Waals surface area contributed by atoms with Gasteiger partial charge in [-0.25, -0.2) is 13.2 Å². The van der Waals surface area contributed by atoms with E-state index in [2.05, 4.69) is 19.7 Å². The molecule has 0 radical (unpaired) electrons. The number of fused-ring (bicyclic) bond motifs is 2. The lowest BCUT2D eigenvalue weighted by atomic mass is 10.1. The van der Waals surface area contributed by atoms with Crippen LogP contribution in [0.4, 0.5) is 0 Å². The molecule has 0 spiro atoms. The van der Waals surface area contributed by atoms with Crippen LogP contribution >= 0.6 is 0 Å². The van der Waals surface area contributed by atoms with Crippen molar-refractivity contribution < 1.29 is 18.3 Å². The number of benzene rings is 2. The van der Waals surface area contributed by atoms with Crippen LogP contribution in [0, 0.1) is 0 Å². The Bertz CT molecular complexity index is 1350. The van der Waals surface area contributed by atoms with Crippen molar-refractivity contribution in [3.63, 3.8) is 0 Å². The maximum Gasteiger partial charge on any atom is 0.323 e. The maximum absolute atomic E-state index is 12.7. The van der Waals surface area contributed by atoms with Gasteiger partial charge in [0.05, 0.1) is 15.9 Å². The lowest BCUT2D eigenvalue weighted by molar-refractivity contribution is -0.138. The highest BCUT2D eigenvalue weighted by Gasteiger charge is 2.27. The number of carbonyl (C=O) groups is 1. The third-order valence-corrected chi connectivity index (χ3v) is 5.96. The van der Waals surface area contributed by atoms with E-state index in [9.17, 15) is 23.1 Å². The molecule has 0 bridgehead atoms. The summed E-state index contributed by atoms with van der Waals surface area (Å²) in [5.41, 5.74) is 1.84. The van der Waals surface area contributed by atoms with E-state index >= 15 is 0 Å². The molecule has 9 nitrogen and oxygen atoms in total. The topological polar surface area (TPSA) is 148 Å². The maximum atomic E-state index is 12.7. The molecule has 0 saturated carbocycles. The van der Waals surface area contributed by atoms with Crippen LogP contribution in [-0.2, 0) is 21.2 Å². The Hall–Kier alpha value is -3.37. The summed E-state index contributed by atoms with van der Waals surface area (Å²) >= 11 is 0. The van der Waals surface area contributed by atoms with Gasteiger partial charge in [-0.1, -0.05) is 18.2 Å². The summed E-state index contributed by atoms with van der Waals surface area (Å²) in [7, 11) is -4.12. The molecule has 0 aliphatic heterocycles. The minimum absolute atomic E-state index is 0.0260. The van der Waals surface area contributed by atoms with Gasteiger partial charge >= 0.3 is 11.7 Å². The third kappa shape index (κ3) is 3.30. The molecule has 0 aliphatic rings. The van der Waals surface area contributed by atoms with Gasteiger partial charge in [-0.2, -0.15) is 4.72 Å². The van der Waals surface area contributed by atoms with Crippen LogP contribution in [0.15, 0.2) is 58.4 Å². The van der Waals surface area contributed by atoms with E-state index in [0.717, 1.165) is 10.9 Å². The second kappa shape index (κ2) is 6.66. The first-order valence-corrected chi connectivity index (χ1v) is 9.84. The summed E-state index contributed by atoms with van der Waals surface area (Å²) in [5, 5.41) is 10.4. The Balaban J connectivity index is 1.64. The average molecular weight is 400 g/mol. The molecule has 1 atom stereocenters. The Kier molecular flexibility index (Phi) is 4.28. The molecule has 1 unspecified atom stereocenters. The van der Waals surface area contributed by atoms with Crippen molar-refractivity contribution >= 4 is 37.9 Å². The highest BCUT2D eigenvalue weighted by molar-refractivity contribution is 7.89. The molecule has 144 valence electrons. The number of aliphatic carboxylic acids is 1. The van der Waals surface area contributed by atoms with Gasteiger partial charge in [0.2, 0.25) is 10.0 Å². The van der Waals surface area contributed by atoms with E-state index in [1.807, 2.05) is 24.3 Å². The number of carboxylic acid groups (broad SMARTS) is 1. The van der Waals surface area contributed by atoms with Crippen LogP contribution in [0.25, 0.3) is 21.9 Å². The number of hydrogen-bond donors (Lipinski definition) is 5. The van der Waals surface area contributed by atoms with Crippen molar-refractivity contribution in [2.45, 2.75) is 17.4 Å². The summed E-state index contributed by atoms with van der Waals surface area (Å²) in [6.07, 6.45) is 1.65. The molecule has 0 aliphatic carbocycles. The Labute approximate surface area is 158 Å². The number of aromatic amines is 3. The Morgan fingerprint density at radius 2 is 1.82 bits per heavy atom. The number of carboxylic acids is 1. The number of para-hydroxylation sites is 1. The highest BCUT2D eigenvalue weighted by atomic mass is 32.2. The number of hydrogen-bond acceptors (Lipinski definition) is 4. The van der Waals surface area contributed by atoms with Crippen LogP contribution < -0.4 is 10.4 Å². The molecule has 2 aromatic heterocycles. The number of rotatable bonds is 6. The molecule has 0 fully saturated rings. The van der Waals surface area contributed by atoms with Gasteiger partial charge in [0.15, 0.2) is 0 Å². The van der Waals surface area contributed by atoms with Crippen molar-refractivity contribution in [2.75, 3.05) is 0 Å². The molecule has 2 heterocycles. The lowest BCUT2D eigenvalue weighted by Gasteiger charge is -2.14. The van der Waals surface area contributed by atoms with Gasteiger partial charge in [0.1, 0.15) is 6.04 Å². The van der Waals surface area contributed by atoms with Gasteiger partial charge in [-0.15, -0.1) is 0 Å². The van der Waals surface area contributed by atoms with E-state index in [1.54, 1.807) is 6.20 Å². The van der Waals surface area contributed by atoms with E-state index < -0.39 is 27.7 Å². The van der Waals surface area contributed by atoms with Crippen molar-refractivity contribution in [2.24, 2.45) is 0 Å². The zero-order valence-corrected chi connectivity index (χ0v) is 15.2. The summed E-state index contributed by atoms with van der Waals surface area (Å²) < 4.78 is 27.7. The smallest absolute Gasteiger partial charge is 0.323 e. The number of imidazole rings is 1. The zero-order valence-electron chi connectivity index (χ0n) is 14.4. The molecule has 4 aromatic rings. The largest absolute Gasteiger partial charge is 0.480 e. The molecule has 5 N–H and O–H groups in total. The first kappa shape index (κ1) is 18.0. The fourth-order valence-electron chi connectivity index (χ4n) is 3.13. The van der Waals surface area contributed by atoms with E-state index in [-0.39, 0.29) is 11.3 Å². The molecule has 0 saturated heterocycles. The second-order valence-corrected chi connectivity index (χ2v) is 8.08. The fourth-order valence-corrected chi connectivity index (χ4v) is 4.35. The quantitative estimate of drug-likeness (QED) is 0.331. The first-order chi connectivity index (χ1) is 13.3. The SMILES string of the molecule is O=C(O)C(Cc1c[nH]c2ccccc12)NS(=O)(=O)c1ccc2[nH]c(=O)[nH]c2c1. The predicted octanol–water partition coefficient (Wildman–Crippen LogP) is 1.31. The summed E-state index contributed by atoms with van der Waals surface area (Å²) in [4.78, 5) is 30.9. The van der Waals surface area contributed by atoms with Gasteiger partial charge in [0, 0.05) is 23.5 Å². The summed E-state index contributed by atoms with van der Waals surface area (Å²) in [6, 6.07) is 10.0. The third-order valence-electron chi connectivity index (χ3n) is 4.49. The minimum Gasteiger partial charge on any atom is -0.480 e. The molecule has 2 aromatic carbocycles. The van der Waals surface area contributed by atoms with E-state index in [0.29, 0.717) is 16.6 Å². The van der Waals surface area contributed by atoms with Crippen LogP contribution in [0.2, 0.25) is 0 Å². The van der Waals surface area contributed by atoms with E-state index in [1.165, 1.54) is 18.2 Å². The molecule has 4 rings (SSSR count). The number of H-pyrrole nitrogens is 3. The number of aromatic nitrogens is 3. The van der Waals surface area contributed by atoms with Crippen molar-refractivity contribution in [1.29, 1.82) is 0 Å². The molecular formula is C18H16N4O5S. The predicted molar refractivity (Wildman–Crippen MR) is 103 cm³/mol. The summed E-state index contributed by atoms with van der Waals surface area (Å²) in [5.74, 6) is -1.29. The highest BCUT2D eigenvalue weighted by Crippen LogP contribution is 2.20. The minimum atomic E-state index is -4.12. The molecule has 28 heavy (non-hydrogen) atoms. The Morgan fingerprint density at radius 1 is 1.07 bits per heavy atom. The van der Waals surface area contributed by atoms with Crippen molar-refractivity contribution in [3.05, 3.63) is 64.7 Å². The first-order valence-electron chi connectivity index (χ1n) is 8.36. The molecule has 10 heteroatoms. The normalized spacial score (nSPS) is 13.1. The van der Waals surface area contributed by atoms with Gasteiger partial charge in [-0.3, -0.25) is 4.79 Å². The van der Waals surface area contributed by atoms with Gasteiger partial charge in [-0.05, 0) is 29.8 Å². The molecular weight excluding hydrogens is 384 g/mol. The van der Waals surface area contributed by atoms with Crippen LogP contribution in [-0.4, -0.2) is 40.5 Å². The van der Waals surface area contributed by atoms with Crippen LogP contribution in [0.3, 0.4) is 0 Å². The standard InChI is InChI=1S/C18H16N4O5S/c23-17(24)16(7-10-9-19-13-4-2-1-3-12(10)13)22-28(26,27)11-5-6-14-15(8-11)21-18(25)20-14/h1-6,8-9,16,19,22H,7H2,(H,23,24)(H2,20,21,25). The summed E-state index contributed by atoms with van der Waals surface area (Å²) in [6.45, 7) is 0. The van der Waals surface area contributed by atoms with Crippen LogP contribution in [0.1, 0.15) is 5.56 Å². The number of sulfonamides is 1. The average Bonchev–Trinajstić information content (AvgIpc) is 3.22. The fraction of sp³-hybridized carbons (Fsp3) is 0.111. The van der Waals surface area contributed by atoms with Gasteiger partial charge < -0.3 is 20.1 Å². The second-order valence-electron chi connectivity index (χ2n) is 6.36. The van der Waals surface area contributed by atoms with E-state index in [4.69, 9.17) is 0 Å². The van der Waals surface area contributed by atoms with Crippen molar-refractivity contribution in [3.8, 4) is 0 Å². The number of nitrogens with one attached hydrogen (secondary N) is 4. The van der Waals surface area contributed by atoms with Crippen LogP contribution in [0.5, 0.6) is 0 Å². The van der Waals surface area contributed by atoms with Gasteiger partial charge in [0.25, 0.3) is 0 Å². The van der Waals surface area contributed by atoms with Crippen molar-refractivity contribution in [1.82, 2.24) is 19.7 Å². The zero-order chi connectivity index (χ0) is 19.9.